The molecule has 0 spiro atoms. The minimum atomic E-state index is 0. The molecular formula is C20H32Cl2GeZr. The second-order valence-electron chi connectivity index (χ2n) is 6.10. The zero-order chi connectivity index (χ0) is 16.7. The summed E-state index contributed by atoms with van der Waals surface area (Å²) in [5, 5.41) is 0. The van der Waals surface area contributed by atoms with Crippen LogP contribution in [0.15, 0.2) is 33.4 Å². The van der Waals surface area contributed by atoms with E-state index < -0.39 is 0 Å². The van der Waals surface area contributed by atoms with E-state index in [4.69, 9.17) is 0 Å². The standard InChI is InChI=1S/2C9H13.C2H6Ge.2ClH.Zr/c2*1-6-5-7(2)9(4)8(6)3;1-3-2;;;/h2*6H,1-4H3;1-2H3;2*1H;/q2*-1;;;;+4/p-2. The molecule has 0 saturated heterocycles. The largest absolute Gasteiger partial charge is 4.00 e. The predicted molar refractivity (Wildman–Crippen MR) is 97.4 cm³/mol. The summed E-state index contributed by atoms with van der Waals surface area (Å²) >= 11 is 0.500. The van der Waals surface area contributed by atoms with E-state index in [9.17, 15) is 0 Å². The second-order valence-corrected chi connectivity index (χ2v) is 8.20. The smallest absolute Gasteiger partial charge is 1.00 e. The fourth-order valence-corrected chi connectivity index (χ4v) is 2.32. The summed E-state index contributed by atoms with van der Waals surface area (Å²) < 4.78 is 0. The molecule has 0 aliphatic heterocycles. The molecule has 2 aliphatic rings. The molecule has 4 heteroatoms. The van der Waals surface area contributed by atoms with E-state index in [0.717, 1.165) is 0 Å². The van der Waals surface area contributed by atoms with Crippen molar-refractivity contribution in [1.82, 2.24) is 0 Å². The minimum Gasteiger partial charge on any atom is -1.00 e. The van der Waals surface area contributed by atoms with Gasteiger partial charge in [-0.15, -0.1) is 13.8 Å². The predicted octanol–water partition coefficient (Wildman–Crippen LogP) is 0.236. The van der Waals surface area contributed by atoms with Crippen LogP contribution in [0.3, 0.4) is 0 Å². The van der Waals surface area contributed by atoms with Crippen LogP contribution in [0.2, 0.25) is 11.5 Å². The average molecular weight is 507 g/mol. The Balaban J connectivity index is -0.000000130. The molecule has 24 heavy (non-hydrogen) atoms. The number of hydrogen-bond donors (Lipinski definition) is 0. The third kappa shape index (κ3) is 10.2. The fourth-order valence-electron chi connectivity index (χ4n) is 2.32. The topological polar surface area (TPSA) is 0 Å². The monoisotopic (exact) mass is 506 g/mol. The van der Waals surface area contributed by atoms with Crippen LogP contribution in [-0.2, 0) is 26.2 Å². The number of halogens is 2. The van der Waals surface area contributed by atoms with E-state index in [1.807, 2.05) is 0 Å². The van der Waals surface area contributed by atoms with Crippen LogP contribution in [-0.4, -0.2) is 15.4 Å². The molecule has 0 amide bonds. The van der Waals surface area contributed by atoms with Crippen molar-refractivity contribution in [2.45, 2.75) is 66.9 Å². The van der Waals surface area contributed by atoms with Crippen molar-refractivity contribution in [2.24, 2.45) is 11.8 Å². The van der Waals surface area contributed by atoms with Crippen molar-refractivity contribution in [1.29, 1.82) is 0 Å². The molecule has 0 heterocycles. The first-order valence-electron chi connectivity index (χ1n) is 7.81. The molecule has 2 aliphatic carbocycles. The molecule has 0 aromatic heterocycles. The Morgan fingerprint density at radius 3 is 0.917 bits per heavy atom. The van der Waals surface area contributed by atoms with E-state index in [1.54, 1.807) is 0 Å². The van der Waals surface area contributed by atoms with Crippen molar-refractivity contribution < 1.29 is 51.0 Å². The third-order valence-electron chi connectivity index (χ3n) is 4.47. The Hall–Kier alpha value is 0.966. The maximum Gasteiger partial charge on any atom is 4.00 e. The first-order chi connectivity index (χ1) is 9.67. The number of allylic oxidation sites excluding steroid dienone is 8. The van der Waals surface area contributed by atoms with Crippen molar-refractivity contribution in [3.05, 3.63) is 45.6 Å². The molecule has 2 atom stereocenters. The first kappa shape index (κ1) is 32.6. The maximum atomic E-state index is 3.36. The van der Waals surface area contributed by atoms with Gasteiger partial charge in [0.2, 0.25) is 0 Å². The molecular weight excluding hydrogens is 475 g/mol. The van der Waals surface area contributed by atoms with Gasteiger partial charge in [0, 0.05) is 0 Å². The van der Waals surface area contributed by atoms with E-state index in [0.29, 0.717) is 27.3 Å². The van der Waals surface area contributed by atoms with Crippen LogP contribution < -0.4 is 24.8 Å². The summed E-state index contributed by atoms with van der Waals surface area (Å²) in [6.07, 6.45) is 6.72. The molecule has 2 radical (unpaired) electrons. The van der Waals surface area contributed by atoms with Gasteiger partial charge in [-0.2, -0.15) is 22.3 Å². The van der Waals surface area contributed by atoms with Gasteiger partial charge in [0.05, 0.1) is 0 Å². The normalized spacial score (nSPS) is 21.1. The van der Waals surface area contributed by atoms with Gasteiger partial charge in [0.25, 0.3) is 0 Å². The van der Waals surface area contributed by atoms with E-state index in [1.165, 1.54) is 33.4 Å². The van der Waals surface area contributed by atoms with Crippen molar-refractivity contribution >= 4 is 15.4 Å². The molecule has 0 bridgehead atoms. The molecule has 2 rings (SSSR count). The van der Waals surface area contributed by atoms with Gasteiger partial charge in [-0.05, 0) is 0 Å². The van der Waals surface area contributed by atoms with Crippen molar-refractivity contribution in [2.75, 3.05) is 0 Å². The molecule has 0 fully saturated rings. The summed E-state index contributed by atoms with van der Waals surface area (Å²) in [7, 11) is 0. The van der Waals surface area contributed by atoms with Gasteiger partial charge >= 0.3 is 53.1 Å². The Morgan fingerprint density at radius 1 is 0.667 bits per heavy atom. The Kier molecular flexibility index (Phi) is 22.0. The Bertz CT molecular complexity index is 444. The zero-order valence-electron chi connectivity index (χ0n) is 16.9. The summed E-state index contributed by atoms with van der Waals surface area (Å²) in [6, 6.07) is 0. The molecule has 0 saturated carbocycles. The van der Waals surface area contributed by atoms with Crippen molar-refractivity contribution in [3.8, 4) is 0 Å². The molecule has 0 aromatic rings. The molecule has 2 unspecified atom stereocenters. The van der Waals surface area contributed by atoms with Crippen LogP contribution in [0.1, 0.15) is 55.4 Å². The van der Waals surface area contributed by atoms with Crippen LogP contribution in [0.5, 0.6) is 0 Å². The Morgan fingerprint density at radius 2 is 0.875 bits per heavy atom. The van der Waals surface area contributed by atoms with Gasteiger partial charge in [-0.25, -0.2) is 11.1 Å². The number of hydrogen-bond acceptors (Lipinski definition) is 0. The molecule has 0 N–H and O–H groups in total. The van der Waals surface area contributed by atoms with Gasteiger partial charge < -0.3 is 24.8 Å². The van der Waals surface area contributed by atoms with Gasteiger partial charge in [-0.1, -0.05) is 53.4 Å². The van der Waals surface area contributed by atoms with Crippen LogP contribution in [0.25, 0.3) is 0 Å². The van der Waals surface area contributed by atoms with Crippen LogP contribution in [0.4, 0.5) is 0 Å². The molecule has 0 nitrogen and oxygen atoms in total. The van der Waals surface area contributed by atoms with E-state index in [-0.39, 0.29) is 51.0 Å². The van der Waals surface area contributed by atoms with E-state index >= 15 is 0 Å². The van der Waals surface area contributed by atoms with Crippen LogP contribution in [0, 0.1) is 24.0 Å². The Labute approximate surface area is 189 Å². The quantitative estimate of drug-likeness (QED) is 0.326. The van der Waals surface area contributed by atoms with Crippen molar-refractivity contribution in [3.63, 3.8) is 0 Å². The summed E-state index contributed by atoms with van der Waals surface area (Å²) in [6.45, 7) is 17.3. The molecule has 134 valence electrons. The third-order valence-corrected chi connectivity index (χ3v) is 4.47. The zero-order valence-corrected chi connectivity index (χ0v) is 23.0. The summed E-state index contributed by atoms with van der Waals surface area (Å²) in [5.41, 5.74) is 8.49. The van der Waals surface area contributed by atoms with Gasteiger partial charge in [0.15, 0.2) is 0 Å². The number of rotatable bonds is 0. The summed E-state index contributed by atoms with van der Waals surface area (Å²) in [5.74, 6) is 5.62. The average Bonchev–Trinajstić information content (AvgIpc) is 2.77. The maximum absolute atomic E-state index is 3.36. The first-order valence-corrected chi connectivity index (χ1v) is 12.0. The van der Waals surface area contributed by atoms with Gasteiger partial charge in [-0.3, -0.25) is 12.2 Å². The van der Waals surface area contributed by atoms with E-state index in [2.05, 4.69) is 79.1 Å². The van der Waals surface area contributed by atoms with Gasteiger partial charge in [0.1, 0.15) is 0 Å². The SMILES string of the molecule is CC1=[C-]C(C)C(C)=C1C.CC1=[C-]C(C)C(C)=C1C.[CH3][Ge][CH3].[Cl-].[Cl-].[Zr+4]. The molecule has 0 aromatic carbocycles. The van der Waals surface area contributed by atoms with Crippen LogP contribution >= 0.6 is 0 Å². The second kappa shape index (κ2) is 16.2. The minimum absolute atomic E-state index is 0. The summed E-state index contributed by atoms with van der Waals surface area (Å²) in [4.78, 5) is 0. The fraction of sp³-hybridized carbons (Fsp3) is 0.600.